The van der Waals surface area contributed by atoms with Crippen LogP contribution in [-0.4, -0.2) is 63.0 Å². The Hall–Kier alpha value is -2.75. The number of pyridine rings is 1. The van der Waals surface area contributed by atoms with E-state index in [9.17, 15) is 13.2 Å². The molecule has 8 nitrogen and oxygen atoms in total. The second-order valence-corrected chi connectivity index (χ2v) is 10.2. The van der Waals surface area contributed by atoms with Gasteiger partial charge in [0.1, 0.15) is 5.82 Å². The Labute approximate surface area is 195 Å². The van der Waals surface area contributed by atoms with Crippen molar-refractivity contribution in [3.8, 4) is 0 Å². The largest absolute Gasteiger partial charge is 0.378 e. The summed E-state index contributed by atoms with van der Waals surface area (Å²) in [4.78, 5) is 19.1. The summed E-state index contributed by atoms with van der Waals surface area (Å²) in [6.07, 6.45) is 8.68. The van der Waals surface area contributed by atoms with Gasteiger partial charge >= 0.3 is 0 Å². The lowest BCUT2D eigenvalue weighted by Crippen LogP contribution is -2.36. The van der Waals surface area contributed by atoms with E-state index in [1.165, 1.54) is 6.08 Å². The molecule has 1 amide bonds. The number of morpholine rings is 1. The number of benzene rings is 1. The third kappa shape index (κ3) is 6.19. The zero-order valence-corrected chi connectivity index (χ0v) is 19.5. The molecule has 2 fully saturated rings. The molecule has 4 rings (SSSR count). The Morgan fingerprint density at radius 1 is 0.939 bits per heavy atom. The van der Waals surface area contributed by atoms with Crippen molar-refractivity contribution in [1.29, 1.82) is 0 Å². The van der Waals surface area contributed by atoms with Crippen LogP contribution in [0.25, 0.3) is 6.08 Å². The molecule has 1 aromatic heterocycles. The normalized spacial score (nSPS) is 18.2. The van der Waals surface area contributed by atoms with E-state index in [1.807, 2.05) is 12.1 Å². The number of hydrogen-bond acceptors (Lipinski definition) is 6. The third-order valence-electron chi connectivity index (χ3n) is 5.86. The van der Waals surface area contributed by atoms with Crippen molar-refractivity contribution in [2.24, 2.45) is 0 Å². The molecule has 0 atom stereocenters. The Morgan fingerprint density at radius 3 is 2.27 bits per heavy atom. The van der Waals surface area contributed by atoms with Gasteiger partial charge in [0.2, 0.25) is 15.9 Å². The molecule has 33 heavy (non-hydrogen) atoms. The Morgan fingerprint density at radius 2 is 1.64 bits per heavy atom. The van der Waals surface area contributed by atoms with Crippen molar-refractivity contribution < 1.29 is 17.9 Å². The van der Waals surface area contributed by atoms with Crippen LogP contribution < -0.4 is 10.2 Å². The first-order valence-electron chi connectivity index (χ1n) is 11.4. The van der Waals surface area contributed by atoms with Gasteiger partial charge in [0, 0.05) is 32.3 Å². The highest BCUT2D eigenvalue weighted by molar-refractivity contribution is 7.89. The zero-order valence-electron chi connectivity index (χ0n) is 18.7. The quantitative estimate of drug-likeness (QED) is 0.652. The van der Waals surface area contributed by atoms with Gasteiger partial charge in [-0.05, 0) is 48.7 Å². The van der Waals surface area contributed by atoms with Crippen molar-refractivity contribution in [1.82, 2.24) is 9.29 Å². The highest BCUT2D eigenvalue weighted by atomic mass is 32.2. The average Bonchev–Trinajstić information content (AvgIpc) is 3.14. The maximum Gasteiger partial charge on any atom is 0.248 e. The average molecular weight is 471 g/mol. The number of sulfonamides is 1. The fraction of sp³-hybridized carbons (Fsp3) is 0.417. The molecule has 0 aliphatic carbocycles. The van der Waals surface area contributed by atoms with Crippen molar-refractivity contribution in [2.45, 2.75) is 30.6 Å². The standard InChI is InChI=1S/C24H30N4O4S/c29-24(26-21-8-11-23(25-19-21)27-15-17-32-18-16-27)12-7-20-5-9-22(10-6-20)33(30,31)28-13-3-1-2-4-14-28/h5-12,19H,1-4,13-18H2,(H,26,29)/b12-7+. The summed E-state index contributed by atoms with van der Waals surface area (Å²) >= 11 is 0. The van der Waals surface area contributed by atoms with E-state index in [0.717, 1.165) is 50.2 Å². The number of amides is 1. The number of carbonyl (C=O) groups excluding carboxylic acids is 1. The van der Waals surface area contributed by atoms with E-state index in [-0.39, 0.29) is 10.8 Å². The van der Waals surface area contributed by atoms with Crippen molar-refractivity contribution in [3.05, 3.63) is 54.2 Å². The number of hydrogen-bond donors (Lipinski definition) is 1. The smallest absolute Gasteiger partial charge is 0.248 e. The number of nitrogens with zero attached hydrogens (tertiary/aromatic N) is 3. The molecular formula is C24H30N4O4S. The molecule has 2 aliphatic heterocycles. The monoisotopic (exact) mass is 470 g/mol. The van der Waals surface area contributed by atoms with Gasteiger partial charge in [0.05, 0.1) is 30.0 Å². The van der Waals surface area contributed by atoms with Gasteiger partial charge in [-0.2, -0.15) is 4.31 Å². The van der Waals surface area contributed by atoms with Crippen LogP contribution >= 0.6 is 0 Å². The predicted molar refractivity (Wildman–Crippen MR) is 129 cm³/mol. The summed E-state index contributed by atoms with van der Waals surface area (Å²) in [6, 6.07) is 10.3. The Kier molecular flexibility index (Phi) is 7.74. The first kappa shape index (κ1) is 23.4. The number of ether oxygens (including phenoxy) is 1. The van der Waals surface area contributed by atoms with Gasteiger partial charge in [0.25, 0.3) is 0 Å². The SMILES string of the molecule is O=C(/C=C/c1ccc(S(=O)(=O)N2CCCCCC2)cc1)Nc1ccc(N2CCOCC2)nc1. The predicted octanol–water partition coefficient (Wildman–Crippen LogP) is 3.13. The molecule has 0 saturated carbocycles. The van der Waals surface area contributed by atoms with Crippen LogP contribution in [0.15, 0.2) is 53.6 Å². The van der Waals surface area contributed by atoms with Crippen LogP contribution in [0.2, 0.25) is 0 Å². The fourth-order valence-corrected chi connectivity index (χ4v) is 5.49. The molecule has 1 N–H and O–H groups in total. The van der Waals surface area contributed by atoms with Gasteiger partial charge in [-0.15, -0.1) is 0 Å². The van der Waals surface area contributed by atoms with E-state index < -0.39 is 10.0 Å². The van der Waals surface area contributed by atoms with Gasteiger partial charge in [-0.3, -0.25) is 4.79 Å². The Balaban J connectivity index is 1.33. The lowest BCUT2D eigenvalue weighted by Gasteiger charge is -2.27. The van der Waals surface area contributed by atoms with Crippen LogP contribution in [0.1, 0.15) is 31.2 Å². The van der Waals surface area contributed by atoms with E-state index >= 15 is 0 Å². The van der Waals surface area contributed by atoms with Gasteiger partial charge in [-0.1, -0.05) is 25.0 Å². The summed E-state index contributed by atoms with van der Waals surface area (Å²) in [7, 11) is -3.47. The molecule has 0 radical (unpaired) electrons. The summed E-state index contributed by atoms with van der Waals surface area (Å²) in [5.74, 6) is 0.583. The van der Waals surface area contributed by atoms with Gasteiger partial charge in [0.15, 0.2) is 0 Å². The summed E-state index contributed by atoms with van der Waals surface area (Å²) in [5, 5.41) is 2.79. The van der Waals surface area contributed by atoms with E-state index in [4.69, 9.17) is 4.74 Å². The highest BCUT2D eigenvalue weighted by Gasteiger charge is 2.24. The molecule has 0 unspecified atom stereocenters. The topological polar surface area (TPSA) is 91.8 Å². The first-order valence-corrected chi connectivity index (χ1v) is 12.8. The number of nitrogens with one attached hydrogen (secondary N) is 1. The first-order chi connectivity index (χ1) is 16.0. The molecule has 2 aromatic rings. The molecule has 2 aliphatic rings. The van der Waals surface area contributed by atoms with Crippen LogP contribution in [0.4, 0.5) is 11.5 Å². The molecule has 176 valence electrons. The zero-order chi connectivity index (χ0) is 23.1. The molecule has 2 saturated heterocycles. The Bertz CT molecular complexity index is 1050. The molecule has 0 spiro atoms. The minimum absolute atomic E-state index is 0.280. The minimum atomic E-state index is -3.47. The molecule has 3 heterocycles. The second-order valence-electron chi connectivity index (χ2n) is 8.21. The molecular weight excluding hydrogens is 440 g/mol. The number of carbonyl (C=O) groups is 1. The van der Waals surface area contributed by atoms with Crippen LogP contribution in [0.3, 0.4) is 0 Å². The van der Waals surface area contributed by atoms with Gasteiger partial charge < -0.3 is 15.0 Å². The summed E-state index contributed by atoms with van der Waals surface area (Å²) < 4.78 is 32.7. The molecule has 1 aromatic carbocycles. The summed E-state index contributed by atoms with van der Waals surface area (Å²) in [5.41, 5.74) is 1.36. The van der Waals surface area contributed by atoms with Crippen LogP contribution in [-0.2, 0) is 19.6 Å². The third-order valence-corrected chi connectivity index (χ3v) is 7.77. The van der Waals surface area contributed by atoms with Gasteiger partial charge in [-0.25, -0.2) is 13.4 Å². The second kappa shape index (κ2) is 10.9. The maximum atomic E-state index is 12.9. The number of aromatic nitrogens is 1. The van der Waals surface area contributed by atoms with E-state index in [1.54, 1.807) is 40.8 Å². The van der Waals surface area contributed by atoms with Crippen LogP contribution in [0.5, 0.6) is 0 Å². The van der Waals surface area contributed by atoms with Crippen molar-refractivity contribution in [3.63, 3.8) is 0 Å². The highest BCUT2D eigenvalue weighted by Crippen LogP contribution is 2.21. The fourth-order valence-electron chi connectivity index (χ4n) is 3.98. The molecule has 9 heteroatoms. The maximum absolute atomic E-state index is 12.9. The number of rotatable bonds is 6. The van der Waals surface area contributed by atoms with Crippen LogP contribution in [0, 0.1) is 0 Å². The van der Waals surface area contributed by atoms with Crippen molar-refractivity contribution in [2.75, 3.05) is 49.6 Å². The lowest BCUT2D eigenvalue weighted by molar-refractivity contribution is -0.111. The van der Waals surface area contributed by atoms with E-state index in [2.05, 4.69) is 15.2 Å². The lowest BCUT2D eigenvalue weighted by atomic mass is 10.2. The van der Waals surface area contributed by atoms with E-state index in [0.29, 0.717) is 32.0 Å². The number of anilines is 2. The van der Waals surface area contributed by atoms with Crippen molar-refractivity contribution >= 4 is 33.5 Å². The molecule has 0 bridgehead atoms. The minimum Gasteiger partial charge on any atom is -0.378 e. The summed E-state index contributed by atoms with van der Waals surface area (Å²) in [6.45, 7) is 4.14.